The van der Waals surface area contributed by atoms with Crippen LogP contribution in [-0.4, -0.2) is 20.9 Å². The van der Waals surface area contributed by atoms with Crippen LogP contribution in [-0.2, 0) is 0 Å². The quantitative estimate of drug-likeness (QED) is 0.465. The Kier molecular flexibility index (Phi) is 4.66. The predicted molar refractivity (Wildman–Crippen MR) is 102 cm³/mol. The monoisotopic (exact) mass is 358 g/mol. The molecule has 0 saturated heterocycles. The molecule has 3 aromatic carbocycles. The van der Waals surface area contributed by atoms with Gasteiger partial charge >= 0.3 is 15.9 Å². The number of benzene rings is 3. The summed E-state index contributed by atoms with van der Waals surface area (Å²) in [4.78, 5) is 4.56. The molecule has 127 valence electrons. The van der Waals surface area contributed by atoms with E-state index in [0.29, 0.717) is 11.6 Å². The van der Waals surface area contributed by atoms with Crippen molar-refractivity contribution in [3.8, 4) is 23.0 Å². The molecule has 0 unspecified atom stereocenters. The van der Waals surface area contributed by atoms with E-state index < -0.39 is 15.9 Å². The minimum absolute atomic E-state index is 0.549. The van der Waals surface area contributed by atoms with Crippen LogP contribution in [0.25, 0.3) is 22.6 Å². The van der Waals surface area contributed by atoms with Crippen molar-refractivity contribution in [1.29, 1.82) is 0 Å². The summed E-state index contributed by atoms with van der Waals surface area (Å²) in [5.74, 6) is 2.11. The average molecular weight is 358 g/mol. The summed E-state index contributed by atoms with van der Waals surface area (Å²) in [5.41, 5.74) is 4.73. The number of hydrogen-bond donors (Lipinski definition) is 0. The number of hydrogen-bond acceptors (Lipinski definition) is 4. The fraction of sp³-hybridized carbons (Fsp3) is 0.0952. The molecule has 1 aromatic heterocycles. The molecule has 0 aliphatic carbocycles. The van der Waals surface area contributed by atoms with Crippen molar-refractivity contribution in [2.75, 3.05) is 0 Å². The van der Waals surface area contributed by atoms with E-state index in [4.69, 9.17) is 12.0 Å². The van der Waals surface area contributed by atoms with Gasteiger partial charge < -0.3 is 12.0 Å². The van der Waals surface area contributed by atoms with Crippen LogP contribution >= 0.6 is 0 Å². The molecule has 1 radical (unpaired) electrons. The first-order valence-electron chi connectivity index (χ1n) is 8.38. The fourth-order valence-corrected chi connectivity index (χ4v) is 3.52. The van der Waals surface area contributed by atoms with Gasteiger partial charge in [0.25, 0.3) is 0 Å². The zero-order chi connectivity index (χ0) is 17.9. The van der Waals surface area contributed by atoms with Gasteiger partial charge in [-0.15, -0.1) is 0 Å². The number of fused-ring (bicyclic) bond motifs is 1. The number of aryl methyl sites for hydroxylation is 2. The second kappa shape index (κ2) is 7.25. The van der Waals surface area contributed by atoms with Gasteiger partial charge in [0.15, 0.2) is 5.58 Å². The van der Waals surface area contributed by atoms with Gasteiger partial charge in [0.1, 0.15) is 5.52 Å². The molecule has 0 bridgehead atoms. The van der Waals surface area contributed by atoms with Crippen LogP contribution < -0.4 is 7.58 Å². The van der Waals surface area contributed by atoms with Gasteiger partial charge in [-0.1, -0.05) is 42.0 Å². The third-order valence-corrected chi connectivity index (χ3v) is 4.79. The summed E-state index contributed by atoms with van der Waals surface area (Å²) in [6, 6.07) is 21.5. The Balaban J connectivity index is 1.54. The van der Waals surface area contributed by atoms with E-state index in [1.165, 1.54) is 5.56 Å². The van der Waals surface area contributed by atoms with Crippen LogP contribution in [0.5, 0.6) is 11.5 Å². The Morgan fingerprint density at radius 3 is 2.46 bits per heavy atom. The van der Waals surface area contributed by atoms with Crippen LogP contribution in [0.4, 0.5) is 0 Å². The lowest BCUT2D eigenvalue weighted by atomic mass is 10.1. The van der Waals surface area contributed by atoms with Crippen molar-refractivity contribution in [2.45, 2.75) is 13.8 Å². The molecule has 5 heteroatoms. The molecule has 0 amide bonds. The van der Waals surface area contributed by atoms with Gasteiger partial charge in [0.2, 0.25) is 5.89 Å². The normalized spacial score (nSPS) is 10.7. The maximum Gasteiger partial charge on any atom is 0.881 e. The average Bonchev–Trinajstić information content (AvgIpc) is 3.08. The molecule has 0 spiro atoms. The fourth-order valence-electron chi connectivity index (χ4n) is 2.79. The molecule has 0 N–H and O–H groups in total. The van der Waals surface area contributed by atoms with Crippen molar-refractivity contribution in [1.82, 2.24) is 4.98 Å². The highest BCUT2D eigenvalue weighted by atomic mass is 27.2. The SMILES string of the molecule is Cc1ccc([O][Al][O]c2ccccc2-c2nc3ccccc3o2)c(C)c1. The highest BCUT2D eigenvalue weighted by Crippen LogP contribution is 2.31. The van der Waals surface area contributed by atoms with E-state index in [2.05, 4.69) is 18.0 Å². The lowest BCUT2D eigenvalue weighted by Crippen LogP contribution is -2.12. The Morgan fingerprint density at radius 1 is 0.846 bits per heavy atom. The molecular formula is C21H17AlNO3. The van der Waals surface area contributed by atoms with Gasteiger partial charge in [-0.05, 0) is 49.7 Å². The van der Waals surface area contributed by atoms with Crippen LogP contribution in [0.1, 0.15) is 11.1 Å². The summed E-state index contributed by atoms with van der Waals surface area (Å²) in [5, 5.41) is 0. The Hall–Kier alpha value is -2.74. The number of nitrogens with zero attached hydrogens (tertiary/aromatic N) is 1. The van der Waals surface area contributed by atoms with Crippen LogP contribution in [0.3, 0.4) is 0 Å². The third kappa shape index (κ3) is 3.46. The van der Waals surface area contributed by atoms with Gasteiger partial charge in [-0.3, -0.25) is 0 Å². The number of rotatable bonds is 5. The second-order valence-corrected chi connectivity index (χ2v) is 6.75. The van der Waals surface area contributed by atoms with E-state index in [-0.39, 0.29) is 0 Å². The summed E-state index contributed by atoms with van der Waals surface area (Å²) in [6.45, 7) is 4.10. The predicted octanol–water partition coefficient (Wildman–Crippen LogP) is 5.10. The smallest absolute Gasteiger partial charge is 0.616 e. The van der Waals surface area contributed by atoms with E-state index in [1.807, 2.05) is 67.6 Å². The van der Waals surface area contributed by atoms with Gasteiger partial charge in [0, 0.05) is 0 Å². The summed E-state index contributed by atoms with van der Waals surface area (Å²) in [7, 11) is 0. The summed E-state index contributed by atoms with van der Waals surface area (Å²) in [6.07, 6.45) is 0. The lowest BCUT2D eigenvalue weighted by Gasteiger charge is -2.12. The van der Waals surface area contributed by atoms with Crippen LogP contribution in [0, 0.1) is 13.8 Å². The topological polar surface area (TPSA) is 44.5 Å². The number of oxazole rings is 1. The first kappa shape index (κ1) is 16.7. The molecule has 4 rings (SSSR count). The molecule has 0 aliphatic heterocycles. The molecule has 4 aromatic rings. The zero-order valence-electron chi connectivity index (χ0n) is 14.6. The molecule has 0 aliphatic rings. The van der Waals surface area contributed by atoms with E-state index in [9.17, 15) is 0 Å². The first-order chi connectivity index (χ1) is 12.7. The Morgan fingerprint density at radius 2 is 1.62 bits per heavy atom. The van der Waals surface area contributed by atoms with Gasteiger partial charge in [0.05, 0.1) is 17.1 Å². The van der Waals surface area contributed by atoms with Crippen LogP contribution in [0.2, 0.25) is 0 Å². The maximum atomic E-state index is 5.94. The van der Waals surface area contributed by atoms with Crippen molar-refractivity contribution >= 4 is 27.0 Å². The van der Waals surface area contributed by atoms with Crippen molar-refractivity contribution < 1.29 is 12.0 Å². The molecule has 1 heterocycles. The Bertz CT molecular complexity index is 1030. The number of aromatic nitrogens is 1. The largest absolute Gasteiger partial charge is 0.881 e. The minimum Gasteiger partial charge on any atom is -0.616 e. The molecule has 0 saturated carbocycles. The summed E-state index contributed by atoms with van der Waals surface area (Å²) >= 11 is -0.701. The highest BCUT2D eigenvalue weighted by Gasteiger charge is 2.15. The van der Waals surface area contributed by atoms with Crippen molar-refractivity contribution in [3.05, 3.63) is 77.9 Å². The second-order valence-electron chi connectivity index (χ2n) is 6.08. The zero-order valence-corrected chi connectivity index (χ0v) is 15.8. The molecule has 4 nitrogen and oxygen atoms in total. The highest BCUT2D eigenvalue weighted by molar-refractivity contribution is 6.21. The number of para-hydroxylation sites is 3. The van der Waals surface area contributed by atoms with Gasteiger partial charge in [-0.25, -0.2) is 4.98 Å². The van der Waals surface area contributed by atoms with Crippen LogP contribution in [0.15, 0.2) is 71.1 Å². The maximum absolute atomic E-state index is 5.94. The van der Waals surface area contributed by atoms with Gasteiger partial charge in [-0.2, -0.15) is 0 Å². The molecule has 0 atom stereocenters. The minimum atomic E-state index is -0.701. The van der Waals surface area contributed by atoms with E-state index in [1.54, 1.807) is 0 Å². The first-order valence-corrected chi connectivity index (χ1v) is 9.32. The van der Waals surface area contributed by atoms with Crippen molar-refractivity contribution in [3.63, 3.8) is 0 Å². The third-order valence-electron chi connectivity index (χ3n) is 4.09. The van der Waals surface area contributed by atoms with Crippen molar-refractivity contribution in [2.24, 2.45) is 0 Å². The Labute approximate surface area is 158 Å². The molecule has 0 fully saturated rings. The van der Waals surface area contributed by atoms with E-state index >= 15 is 0 Å². The molecule has 26 heavy (non-hydrogen) atoms. The summed E-state index contributed by atoms with van der Waals surface area (Å²) < 4.78 is 17.7. The van der Waals surface area contributed by atoms with E-state index in [0.717, 1.165) is 28.0 Å². The standard InChI is InChI=1S/C13H9NO2.C8H10O.Al/c15-11-7-3-1-5-9(11)13-14-10-6-2-4-8-12(10)16-13;1-6-3-4-8(9)7(2)5-6;/h1-8,15H;3-5,9H,1-2H3;/q;;+2/p-2. The lowest BCUT2D eigenvalue weighted by molar-refractivity contribution is 0.456. The molecular weight excluding hydrogens is 341 g/mol.